The van der Waals surface area contributed by atoms with Gasteiger partial charge in [0.25, 0.3) is 0 Å². The second kappa shape index (κ2) is 8.61. The fourth-order valence-electron chi connectivity index (χ4n) is 4.77. The molecule has 2 atom stereocenters. The third kappa shape index (κ3) is 4.38. The van der Waals surface area contributed by atoms with E-state index in [1.165, 1.54) is 12.0 Å². The van der Waals surface area contributed by atoms with E-state index in [2.05, 4.69) is 25.2 Å². The molecule has 1 saturated carbocycles. The molecule has 5 rings (SSSR count). The molecule has 2 bridgehead atoms. The number of benzene rings is 1. The maximum absolute atomic E-state index is 13.2. The van der Waals surface area contributed by atoms with Gasteiger partial charge in [-0.3, -0.25) is 0 Å². The maximum Gasteiger partial charge on any atom is 0.338 e. The third-order valence-electron chi connectivity index (χ3n) is 6.82. The Bertz CT molecular complexity index is 960. The van der Waals surface area contributed by atoms with Crippen LogP contribution in [-0.2, 0) is 11.3 Å². The molecule has 164 valence electrons. The molecule has 1 N–H and O–H groups in total. The lowest BCUT2D eigenvalue weighted by Crippen LogP contribution is -2.50. The number of carbonyl (C=O) groups excluding carboxylic acids is 2. The predicted octanol–water partition coefficient (Wildman–Crippen LogP) is 5.48. The first-order valence-electron chi connectivity index (χ1n) is 10.9. The predicted molar refractivity (Wildman–Crippen MR) is 119 cm³/mol. The number of carbonyl (C=O) groups is 2. The number of rotatable bonds is 7. The highest BCUT2D eigenvalue weighted by Crippen LogP contribution is 2.59. The van der Waals surface area contributed by atoms with Crippen LogP contribution in [0.5, 0.6) is 0 Å². The zero-order chi connectivity index (χ0) is 22.0. The van der Waals surface area contributed by atoms with Crippen molar-refractivity contribution >= 4 is 17.7 Å². The van der Waals surface area contributed by atoms with E-state index in [1.54, 1.807) is 42.4 Å². The van der Waals surface area contributed by atoms with Crippen molar-refractivity contribution in [2.24, 2.45) is 17.3 Å². The molecule has 1 aromatic heterocycles. The molecule has 0 aliphatic heterocycles. The molecule has 0 spiro atoms. The molecular weight excluding hydrogens is 392 g/mol. The normalized spacial score (nSPS) is 20.9. The lowest BCUT2D eigenvalue weighted by Gasteiger charge is -2.57. The van der Waals surface area contributed by atoms with Gasteiger partial charge >= 0.3 is 12.0 Å². The van der Waals surface area contributed by atoms with E-state index >= 15 is 0 Å². The SMILES string of the molecule is CCOC(=O)c1ccc(NC(=O)N(CC2=CCC3CC2C3(C)C)Cc2ccco2)cc1. The Hall–Kier alpha value is -3.02. The summed E-state index contributed by atoms with van der Waals surface area (Å²) >= 11 is 0. The number of amides is 2. The number of nitrogens with zero attached hydrogens (tertiary/aromatic N) is 1. The van der Waals surface area contributed by atoms with Crippen LogP contribution < -0.4 is 5.32 Å². The lowest BCUT2D eigenvalue weighted by molar-refractivity contribution is -0.00975. The minimum Gasteiger partial charge on any atom is -0.467 e. The minimum atomic E-state index is -0.370. The van der Waals surface area contributed by atoms with Crippen LogP contribution in [0.1, 0.15) is 49.7 Å². The highest BCUT2D eigenvalue weighted by molar-refractivity contribution is 5.92. The number of fused-ring (bicyclic) bond motifs is 1. The Balaban J connectivity index is 1.47. The number of ether oxygens (including phenoxy) is 1. The quantitative estimate of drug-likeness (QED) is 0.473. The number of esters is 1. The smallest absolute Gasteiger partial charge is 0.338 e. The van der Waals surface area contributed by atoms with Crippen molar-refractivity contribution in [3.05, 3.63) is 65.6 Å². The van der Waals surface area contributed by atoms with Crippen molar-refractivity contribution in [2.75, 3.05) is 18.5 Å². The van der Waals surface area contributed by atoms with Gasteiger partial charge in [-0.2, -0.15) is 0 Å². The largest absolute Gasteiger partial charge is 0.467 e. The van der Waals surface area contributed by atoms with Crippen LogP contribution in [0.2, 0.25) is 0 Å². The number of hydrogen-bond acceptors (Lipinski definition) is 4. The number of allylic oxidation sites excluding steroid dienone is 1. The number of nitrogens with one attached hydrogen (secondary N) is 1. The summed E-state index contributed by atoms with van der Waals surface area (Å²) in [6, 6.07) is 10.3. The summed E-state index contributed by atoms with van der Waals surface area (Å²) in [6.45, 7) is 7.74. The van der Waals surface area contributed by atoms with Crippen LogP contribution in [0, 0.1) is 17.3 Å². The average molecular weight is 423 g/mol. The van der Waals surface area contributed by atoms with Gasteiger partial charge in [-0.25, -0.2) is 9.59 Å². The molecule has 1 fully saturated rings. The van der Waals surface area contributed by atoms with Gasteiger partial charge in [0.2, 0.25) is 0 Å². The van der Waals surface area contributed by atoms with Crippen molar-refractivity contribution in [2.45, 2.75) is 40.2 Å². The van der Waals surface area contributed by atoms with Crippen molar-refractivity contribution in [3.8, 4) is 0 Å². The molecule has 0 saturated heterocycles. The van der Waals surface area contributed by atoms with Crippen LogP contribution in [-0.4, -0.2) is 30.1 Å². The fourth-order valence-corrected chi connectivity index (χ4v) is 4.77. The van der Waals surface area contributed by atoms with Crippen LogP contribution in [0.15, 0.2) is 58.7 Å². The molecule has 6 nitrogen and oxygen atoms in total. The molecule has 3 aliphatic rings. The summed E-state index contributed by atoms with van der Waals surface area (Å²) in [5.74, 6) is 1.66. The average Bonchev–Trinajstić information content (AvgIpc) is 3.27. The molecule has 1 heterocycles. The van der Waals surface area contributed by atoms with Gasteiger partial charge in [0.15, 0.2) is 0 Å². The second-order valence-electron chi connectivity index (χ2n) is 8.98. The lowest BCUT2D eigenvalue weighted by atomic mass is 9.49. The van der Waals surface area contributed by atoms with E-state index in [0.29, 0.717) is 42.3 Å². The first-order chi connectivity index (χ1) is 14.9. The highest BCUT2D eigenvalue weighted by atomic mass is 16.5. The van der Waals surface area contributed by atoms with Gasteiger partial charge in [-0.05, 0) is 73.4 Å². The zero-order valence-corrected chi connectivity index (χ0v) is 18.4. The number of urea groups is 1. The molecular formula is C25H30N2O4. The highest BCUT2D eigenvalue weighted by Gasteiger charge is 2.51. The topological polar surface area (TPSA) is 71.8 Å². The Labute approximate surface area is 183 Å². The zero-order valence-electron chi connectivity index (χ0n) is 18.4. The number of anilines is 1. The summed E-state index contributed by atoms with van der Waals surface area (Å²) in [7, 11) is 0. The van der Waals surface area contributed by atoms with Gasteiger partial charge in [-0.15, -0.1) is 0 Å². The van der Waals surface area contributed by atoms with Crippen molar-refractivity contribution in [1.82, 2.24) is 4.90 Å². The van der Waals surface area contributed by atoms with Crippen LogP contribution in [0.25, 0.3) is 0 Å². The van der Waals surface area contributed by atoms with E-state index in [-0.39, 0.29) is 12.0 Å². The number of furan rings is 1. The van der Waals surface area contributed by atoms with Crippen molar-refractivity contribution < 1.29 is 18.7 Å². The molecule has 2 aromatic rings. The van der Waals surface area contributed by atoms with E-state index in [4.69, 9.17) is 9.15 Å². The van der Waals surface area contributed by atoms with Gasteiger partial charge in [0, 0.05) is 12.2 Å². The van der Waals surface area contributed by atoms with E-state index in [0.717, 1.165) is 18.1 Å². The molecule has 0 radical (unpaired) electrons. The Kier molecular flexibility index (Phi) is 5.90. The van der Waals surface area contributed by atoms with Gasteiger partial charge in [0.05, 0.1) is 25.0 Å². The minimum absolute atomic E-state index is 0.194. The fraction of sp³-hybridized carbons (Fsp3) is 0.440. The summed E-state index contributed by atoms with van der Waals surface area (Å²) < 4.78 is 10.5. The molecule has 1 aromatic carbocycles. The van der Waals surface area contributed by atoms with Crippen LogP contribution in [0.4, 0.5) is 10.5 Å². The molecule has 2 amide bonds. The van der Waals surface area contributed by atoms with E-state index in [1.807, 2.05) is 12.1 Å². The van der Waals surface area contributed by atoms with Crippen molar-refractivity contribution in [1.29, 1.82) is 0 Å². The Morgan fingerprint density at radius 1 is 1.19 bits per heavy atom. The molecule has 3 aliphatic carbocycles. The van der Waals surface area contributed by atoms with Gasteiger partial charge < -0.3 is 19.4 Å². The first-order valence-corrected chi connectivity index (χ1v) is 10.9. The molecule has 6 heteroatoms. The van der Waals surface area contributed by atoms with Gasteiger partial charge in [-0.1, -0.05) is 25.5 Å². The molecule has 2 unspecified atom stereocenters. The Morgan fingerprint density at radius 3 is 2.58 bits per heavy atom. The van der Waals surface area contributed by atoms with Crippen molar-refractivity contribution in [3.63, 3.8) is 0 Å². The van der Waals surface area contributed by atoms with E-state index < -0.39 is 0 Å². The third-order valence-corrected chi connectivity index (χ3v) is 6.82. The summed E-state index contributed by atoms with van der Waals surface area (Å²) in [5.41, 5.74) is 2.73. The van der Waals surface area contributed by atoms with Crippen LogP contribution >= 0.6 is 0 Å². The van der Waals surface area contributed by atoms with Crippen LogP contribution in [0.3, 0.4) is 0 Å². The summed E-state index contributed by atoms with van der Waals surface area (Å²) in [5, 5.41) is 2.96. The second-order valence-corrected chi connectivity index (χ2v) is 8.98. The number of hydrogen-bond donors (Lipinski definition) is 1. The summed E-state index contributed by atoms with van der Waals surface area (Å²) in [6.07, 6.45) is 6.24. The van der Waals surface area contributed by atoms with E-state index in [9.17, 15) is 9.59 Å². The standard InChI is InChI=1S/C25H30N2O4/c1-4-30-23(28)17-8-11-20(12-9-17)26-24(29)27(16-21-6-5-13-31-21)15-18-7-10-19-14-22(18)25(19,2)3/h5-9,11-13,19,22H,4,10,14-16H2,1-3H3,(H,26,29). The summed E-state index contributed by atoms with van der Waals surface area (Å²) in [4.78, 5) is 26.8. The monoisotopic (exact) mass is 422 g/mol. The Morgan fingerprint density at radius 2 is 1.97 bits per heavy atom. The maximum atomic E-state index is 13.2. The van der Waals surface area contributed by atoms with Gasteiger partial charge in [0.1, 0.15) is 5.76 Å². The molecule has 31 heavy (non-hydrogen) atoms. The first kappa shape index (κ1) is 21.2.